The van der Waals surface area contributed by atoms with Gasteiger partial charge in [-0.15, -0.1) is 0 Å². The lowest BCUT2D eigenvalue weighted by atomic mass is 9.76. The smallest absolute Gasteiger partial charge is 0.335 e. The summed E-state index contributed by atoms with van der Waals surface area (Å²) in [5.74, 6) is 2.74. The van der Waals surface area contributed by atoms with E-state index in [-0.39, 0.29) is 55.3 Å². The number of esters is 1. The van der Waals surface area contributed by atoms with Gasteiger partial charge in [-0.1, -0.05) is 264 Å². The van der Waals surface area contributed by atoms with Crippen LogP contribution in [0.1, 0.15) is 329 Å². The Labute approximate surface area is 618 Å². The Kier molecular flexibility index (Phi) is 29.6. The molecule has 7 aromatic carbocycles. The maximum absolute atomic E-state index is 12.1. The molecule has 0 amide bonds. The molecule has 7 aromatic rings. The molecule has 0 bridgehead atoms. The summed E-state index contributed by atoms with van der Waals surface area (Å²) < 4.78 is 5.71. The Morgan fingerprint density at radius 3 is 1.11 bits per heavy atom. The molecule has 0 atom stereocenters. The molecule has 7 rings (SSSR count). The molecule has 0 saturated carbocycles. The summed E-state index contributed by atoms with van der Waals surface area (Å²) in [6, 6.07) is 28.3. The second-order valence-electron chi connectivity index (χ2n) is 35.2. The fraction of sp³-hybridized carbons (Fsp3) is 0.516. The van der Waals surface area contributed by atoms with E-state index in [9.17, 15) is 40.5 Å². The van der Waals surface area contributed by atoms with Crippen LogP contribution in [0.4, 0.5) is 0 Å². The number of phenolic OH excluding ortho intramolecular Hbond substituents is 7. The number of phenols is 7. The minimum absolute atomic E-state index is 0.121. The zero-order chi connectivity index (χ0) is 77.9. The van der Waals surface area contributed by atoms with Crippen LogP contribution in [0.3, 0.4) is 0 Å². The first-order valence-electron chi connectivity index (χ1n) is 37.6. The normalized spacial score (nSPS) is 12.3. The maximum atomic E-state index is 12.1. The van der Waals surface area contributed by atoms with Crippen LogP contribution >= 0.6 is 0 Å². The molecule has 0 radical (unpaired) electrons. The van der Waals surface area contributed by atoms with Gasteiger partial charge in [0.05, 0.1) is 0 Å². The van der Waals surface area contributed by atoms with Crippen LogP contribution in [0.15, 0.2) is 97.6 Å². The van der Waals surface area contributed by atoms with Gasteiger partial charge in [0.25, 0.3) is 0 Å². The topological polar surface area (TPSA) is 168 Å². The van der Waals surface area contributed by atoms with Crippen LogP contribution in [0.2, 0.25) is 0 Å². The van der Waals surface area contributed by atoms with Gasteiger partial charge in [0, 0.05) is 41.5 Å². The Balaban J connectivity index is 0.000000292. The number of aromatic hydroxyl groups is 7. The highest BCUT2D eigenvalue weighted by Gasteiger charge is 2.32. The van der Waals surface area contributed by atoms with Crippen molar-refractivity contribution < 1.29 is 45.3 Å². The number of carbonyl (C=O) groups is 1. The summed E-state index contributed by atoms with van der Waals surface area (Å²) in [7, 11) is 0. The number of hydrogen-bond donors (Lipinski definition) is 7. The van der Waals surface area contributed by atoms with Gasteiger partial charge >= 0.3 is 5.97 Å². The average molecular weight is 1400 g/mol. The van der Waals surface area contributed by atoms with Crippen LogP contribution in [-0.4, -0.2) is 41.7 Å². The molecule has 0 aromatic heterocycles. The summed E-state index contributed by atoms with van der Waals surface area (Å²) in [6.07, 6.45) is 11.0. The Hall–Kier alpha value is -7.65. The number of unbranched alkanes of at least 4 members (excludes halogenated alkanes) is 1. The molecular formula is C93H134O9. The first-order valence-corrected chi connectivity index (χ1v) is 37.6. The van der Waals surface area contributed by atoms with Crippen molar-refractivity contribution in [3.63, 3.8) is 0 Å². The van der Waals surface area contributed by atoms with Crippen LogP contribution in [0.5, 0.6) is 46.0 Å². The summed E-state index contributed by atoms with van der Waals surface area (Å²) in [5, 5.41) is 74.4. The zero-order valence-corrected chi connectivity index (χ0v) is 68.7. The Morgan fingerprint density at radius 1 is 0.402 bits per heavy atom. The van der Waals surface area contributed by atoms with Gasteiger partial charge in [0.1, 0.15) is 46.0 Å². The average Bonchev–Trinajstić information content (AvgIpc) is 0.421. The molecule has 0 unspecified atom stereocenters. The van der Waals surface area contributed by atoms with E-state index >= 15 is 0 Å². The third-order valence-corrected chi connectivity index (χ3v) is 20.4. The highest BCUT2D eigenvalue weighted by atomic mass is 16.5. The molecular weight excluding hydrogens is 1260 g/mol. The standard InChI is InChI=1S/C26H34O3.C26H38O2.C25H36O2.C16H26O2/c1-8-10-11-19-12-17(3)13-20(24(19)28)16-21-14-18(4)15-22(26(5,6)7)25(21)29-23(27)9-2;1-10-11-18(19-14-21(25(4,5)6)23(27)12-16(19)2)20-15-22(26(7,8)9)24(28)13-17(20)3;1-9-16-11-18(22(26)20(13-16)24(3,4)5)15-19-12-17(10-2)14-21(23(19)27)25(6,7)8;1-7-15(3,4)11-9-14(18)12(10-13(11)17)16(5,6)8-2/h9,12-15,28H,2,8,10-11,16H2,1,3-7H3;12-15,18,27-28H,10-11H2,1-9H3;11-14,26-27H,9-10,15H2,1-8H3;9-10,17-18H,7-8H2,1-6H3. The van der Waals surface area contributed by atoms with Crippen LogP contribution in [-0.2, 0) is 74.8 Å². The second kappa shape index (κ2) is 34.8. The first-order chi connectivity index (χ1) is 46.9. The molecule has 0 saturated heterocycles. The molecule has 0 heterocycles. The molecule has 0 aliphatic heterocycles. The highest BCUT2D eigenvalue weighted by molar-refractivity contribution is 5.84. The van der Waals surface area contributed by atoms with E-state index in [0.717, 1.165) is 147 Å². The van der Waals surface area contributed by atoms with Crippen molar-refractivity contribution in [2.75, 3.05) is 0 Å². The fourth-order valence-electron chi connectivity index (χ4n) is 13.4. The SMILES string of the molecule is C=CC(=O)Oc1c(Cc2cc(C)cc(CCCC)c2O)cc(C)cc1C(C)(C)C.CCC(C)(C)c1cc(O)c(C(C)(C)CC)cc1O.CCCC(c1cc(C(C)(C)C)c(O)cc1C)c1cc(C(C)(C)C)c(O)cc1C.CCc1cc(Cc2cc(CC)cc(C(C)(C)C)c2O)c(O)c(C(C)(C)C)c1. The zero-order valence-electron chi connectivity index (χ0n) is 68.7. The number of ether oxygens (including phenoxy) is 1. The molecule has 7 N–H and O–H groups in total. The predicted octanol–water partition coefficient (Wildman–Crippen LogP) is 24.5. The molecule has 0 aliphatic rings. The first kappa shape index (κ1) is 86.8. The van der Waals surface area contributed by atoms with Gasteiger partial charge in [0.15, 0.2) is 0 Å². The van der Waals surface area contributed by atoms with Crippen LogP contribution in [0, 0.1) is 27.7 Å². The quantitative estimate of drug-likeness (QED) is 0.0180. The van der Waals surface area contributed by atoms with Gasteiger partial charge in [-0.3, -0.25) is 0 Å². The van der Waals surface area contributed by atoms with E-state index in [2.05, 4.69) is 242 Å². The molecule has 102 heavy (non-hydrogen) atoms. The van der Waals surface area contributed by atoms with E-state index < -0.39 is 5.97 Å². The molecule has 9 nitrogen and oxygen atoms in total. The van der Waals surface area contributed by atoms with Crippen LogP contribution in [0.25, 0.3) is 0 Å². The molecule has 0 aliphatic carbocycles. The van der Waals surface area contributed by atoms with Crippen molar-refractivity contribution in [2.45, 2.75) is 315 Å². The molecule has 0 spiro atoms. The summed E-state index contributed by atoms with van der Waals surface area (Å²) in [4.78, 5) is 12.1. The summed E-state index contributed by atoms with van der Waals surface area (Å²) >= 11 is 0. The lowest BCUT2D eigenvalue weighted by Crippen LogP contribution is -2.19. The van der Waals surface area contributed by atoms with Crippen molar-refractivity contribution in [3.8, 4) is 46.0 Å². The minimum Gasteiger partial charge on any atom is -0.508 e. The lowest BCUT2D eigenvalue weighted by Gasteiger charge is -2.29. The number of hydrogen-bond acceptors (Lipinski definition) is 9. The number of benzene rings is 7. The van der Waals surface area contributed by atoms with Gasteiger partial charge < -0.3 is 40.5 Å². The number of aryl methyl sites for hydroxylation is 7. The lowest BCUT2D eigenvalue weighted by molar-refractivity contribution is -0.129. The van der Waals surface area contributed by atoms with Crippen molar-refractivity contribution in [1.29, 1.82) is 0 Å². The monoisotopic (exact) mass is 1400 g/mol. The maximum Gasteiger partial charge on any atom is 0.335 e. The Morgan fingerprint density at radius 2 is 0.755 bits per heavy atom. The molecule has 9 heteroatoms. The summed E-state index contributed by atoms with van der Waals surface area (Å²) in [6.45, 7) is 64.8. The van der Waals surface area contributed by atoms with E-state index in [1.54, 1.807) is 12.1 Å². The summed E-state index contributed by atoms with van der Waals surface area (Å²) in [5.41, 5.74) is 19.5. The van der Waals surface area contributed by atoms with Crippen molar-refractivity contribution in [3.05, 3.63) is 209 Å². The Bertz CT molecular complexity index is 3840. The van der Waals surface area contributed by atoms with Gasteiger partial charge in [-0.05, 0) is 218 Å². The fourth-order valence-corrected chi connectivity index (χ4v) is 13.4. The van der Waals surface area contributed by atoms with E-state index in [0.29, 0.717) is 47.3 Å². The third kappa shape index (κ3) is 22.4. The van der Waals surface area contributed by atoms with Crippen molar-refractivity contribution in [1.82, 2.24) is 0 Å². The largest absolute Gasteiger partial charge is 0.508 e. The van der Waals surface area contributed by atoms with E-state index in [1.807, 2.05) is 38.1 Å². The van der Waals surface area contributed by atoms with Gasteiger partial charge in [-0.25, -0.2) is 4.79 Å². The predicted molar refractivity (Wildman–Crippen MR) is 431 cm³/mol. The molecule has 560 valence electrons. The molecule has 0 fully saturated rings. The third-order valence-electron chi connectivity index (χ3n) is 20.4. The van der Waals surface area contributed by atoms with Crippen molar-refractivity contribution >= 4 is 5.97 Å². The van der Waals surface area contributed by atoms with E-state index in [1.165, 1.54) is 28.3 Å². The van der Waals surface area contributed by atoms with Gasteiger partial charge in [0.2, 0.25) is 0 Å². The number of carbonyl (C=O) groups excluding carboxylic acids is 1. The highest BCUT2D eigenvalue weighted by Crippen LogP contribution is 2.47. The number of rotatable bonds is 19. The van der Waals surface area contributed by atoms with E-state index in [4.69, 9.17) is 4.74 Å². The second-order valence-corrected chi connectivity index (χ2v) is 35.2. The van der Waals surface area contributed by atoms with Crippen LogP contribution < -0.4 is 4.74 Å². The van der Waals surface area contributed by atoms with Crippen molar-refractivity contribution in [2.24, 2.45) is 0 Å². The minimum atomic E-state index is -0.474. The van der Waals surface area contributed by atoms with Gasteiger partial charge in [-0.2, -0.15) is 0 Å².